The molecule has 1 unspecified atom stereocenters. The molecular formula is C8H11ClO3. The fraction of sp³-hybridized carbons (Fsp3) is 0.500. The first-order chi connectivity index (χ1) is 5.70. The van der Waals surface area contributed by atoms with E-state index in [4.69, 9.17) is 11.6 Å². The fourth-order valence-corrected chi connectivity index (χ4v) is 0.697. The molecule has 0 aromatic carbocycles. The van der Waals surface area contributed by atoms with E-state index in [-0.39, 0.29) is 0 Å². The Balaban J connectivity index is 3.48. The lowest BCUT2D eigenvalue weighted by molar-refractivity contribution is -0.134. The van der Waals surface area contributed by atoms with Gasteiger partial charge in [-0.25, -0.2) is 4.79 Å². The molecule has 0 aliphatic heterocycles. The van der Waals surface area contributed by atoms with Crippen LogP contribution in [0.4, 0.5) is 0 Å². The van der Waals surface area contributed by atoms with Crippen LogP contribution < -0.4 is 0 Å². The van der Waals surface area contributed by atoms with Crippen molar-refractivity contribution in [1.82, 2.24) is 0 Å². The summed E-state index contributed by atoms with van der Waals surface area (Å²) in [7, 11) is 1.31. The van der Waals surface area contributed by atoms with Crippen molar-refractivity contribution in [3.8, 4) is 0 Å². The number of halogens is 1. The summed E-state index contributed by atoms with van der Waals surface area (Å²) >= 11 is 5.50. The largest absolute Gasteiger partial charge is 0.466 e. The highest BCUT2D eigenvalue weighted by Gasteiger charge is 1.99. The maximum atomic E-state index is 10.5. The van der Waals surface area contributed by atoms with Gasteiger partial charge in [-0.1, -0.05) is 6.08 Å². The number of carbonyl (C=O) groups is 2. The molecule has 4 heteroatoms. The minimum atomic E-state index is -0.465. The van der Waals surface area contributed by atoms with Gasteiger partial charge in [0.2, 0.25) is 0 Å². The number of rotatable bonds is 5. The second kappa shape index (κ2) is 6.85. The van der Waals surface area contributed by atoms with E-state index >= 15 is 0 Å². The molecule has 0 N–H and O–H groups in total. The van der Waals surface area contributed by atoms with Gasteiger partial charge in [0.15, 0.2) is 0 Å². The molecule has 68 valence electrons. The number of ether oxygens (including phenoxy) is 1. The SMILES string of the molecule is COC(=O)/C=C/CCC(Cl)C=O. The Bertz CT molecular complexity index is 177. The Hall–Kier alpha value is -0.830. The molecular weight excluding hydrogens is 180 g/mol. The summed E-state index contributed by atoms with van der Waals surface area (Å²) in [5, 5.41) is -0.465. The first-order valence-corrected chi connectivity index (χ1v) is 3.98. The van der Waals surface area contributed by atoms with Gasteiger partial charge >= 0.3 is 5.97 Å². The van der Waals surface area contributed by atoms with Crippen LogP contribution in [0.15, 0.2) is 12.2 Å². The smallest absolute Gasteiger partial charge is 0.330 e. The number of allylic oxidation sites excluding steroid dienone is 1. The van der Waals surface area contributed by atoms with Gasteiger partial charge in [-0.15, -0.1) is 11.6 Å². The first kappa shape index (κ1) is 11.2. The van der Waals surface area contributed by atoms with Crippen LogP contribution in [0.5, 0.6) is 0 Å². The van der Waals surface area contributed by atoms with Crippen LogP contribution in [0.25, 0.3) is 0 Å². The van der Waals surface area contributed by atoms with E-state index in [0.29, 0.717) is 19.1 Å². The average Bonchev–Trinajstić information content (AvgIpc) is 2.11. The lowest BCUT2D eigenvalue weighted by Crippen LogP contribution is -1.98. The number of alkyl halides is 1. The Morgan fingerprint density at radius 2 is 2.33 bits per heavy atom. The average molecular weight is 191 g/mol. The molecule has 0 saturated heterocycles. The predicted octanol–water partition coefficient (Wildman–Crippen LogP) is 1.30. The van der Waals surface area contributed by atoms with Crippen molar-refractivity contribution in [3.63, 3.8) is 0 Å². The number of hydrogen-bond acceptors (Lipinski definition) is 3. The molecule has 0 bridgehead atoms. The van der Waals surface area contributed by atoms with Crippen LogP contribution in [-0.2, 0) is 14.3 Å². The Morgan fingerprint density at radius 3 is 2.83 bits per heavy atom. The second-order valence-corrected chi connectivity index (χ2v) is 2.72. The van der Waals surface area contributed by atoms with Crippen LogP contribution in [0, 0.1) is 0 Å². The van der Waals surface area contributed by atoms with Gasteiger partial charge in [-0.2, -0.15) is 0 Å². The number of methoxy groups -OCH3 is 1. The third-order valence-electron chi connectivity index (χ3n) is 1.21. The summed E-state index contributed by atoms with van der Waals surface area (Å²) in [5.74, 6) is -0.396. The second-order valence-electron chi connectivity index (χ2n) is 2.15. The van der Waals surface area contributed by atoms with Gasteiger partial charge in [0.25, 0.3) is 0 Å². The Morgan fingerprint density at radius 1 is 1.67 bits per heavy atom. The van der Waals surface area contributed by atoms with Gasteiger partial charge in [-0.3, -0.25) is 0 Å². The standard InChI is InChI=1S/C8H11ClO3/c1-12-8(11)5-3-2-4-7(9)6-10/h3,5-7H,2,4H2,1H3/b5-3+. The van der Waals surface area contributed by atoms with Crippen molar-refractivity contribution in [1.29, 1.82) is 0 Å². The minimum Gasteiger partial charge on any atom is -0.466 e. The van der Waals surface area contributed by atoms with E-state index in [1.54, 1.807) is 6.08 Å². The Kier molecular flexibility index (Phi) is 6.38. The maximum absolute atomic E-state index is 10.5. The number of esters is 1. The monoisotopic (exact) mass is 190 g/mol. The summed E-state index contributed by atoms with van der Waals surface area (Å²) in [6.45, 7) is 0. The van der Waals surface area contributed by atoms with Crippen LogP contribution in [0.1, 0.15) is 12.8 Å². The van der Waals surface area contributed by atoms with E-state index in [2.05, 4.69) is 4.74 Å². The number of hydrogen-bond donors (Lipinski definition) is 0. The van der Waals surface area contributed by atoms with Crippen molar-refractivity contribution in [2.75, 3.05) is 7.11 Å². The van der Waals surface area contributed by atoms with E-state index in [1.807, 2.05) is 0 Å². The highest BCUT2D eigenvalue weighted by molar-refractivity contribution is 6.27. The summed E-state index contributed by atoms with van der Waals surface area (Å²) in [6, 6.07) is 0. The minimum absolute atomic E-state index is 0.396. The predicted molar refractivity (Wildman–Crippen MR) is 46.1 cm³/mol. The third kappa shape index (κ3) is 5.92. The molecule has 1 atom stereocenters. The van der Waals surface area contributed by atoms with Crippen molar-refractivity contribution in [2.45, 2.75) is 18.2 Å². The molecule has 0 aliphatic rings. The van der Waals surface area contributed by atoms with Crippen molar-refractivity contribution >= 4 is 23.9 Å². The molecule has 0 aromatic rings. The van der Waals surface area contributed by atoms with Crippen LogP contribution >= 0.6 is 11.6 Å². The van der Waals surface area contributed by atoms with Gasteiger partial charge < -0.3 is 9.53 Å². The number of aldehydes is 1. The zero-order valence-corrected chi connectivity index (χ0v) is 7.58. The van der Waals surface area contributed by atoms with Gasteiger partial charge in [-0.05, 0) is 12.8 Å². The van der Waals surface area contributed by atoms with E-state index < -0.39 is 11.3 Å². The summed E-state index contributed by atoms with van der Waals surface area (Å²) in [5.41, 5.74) is 0. The highest BCUT2D eigenvalue weighted by atomic mass is 35.5. The molecule has 0 heterocycles. The molecule has 0 aliphatic carbocycles. The quantitative estimate of drug-likeness (QED) is 0.284. The molecule has 0 spiro atoms. The third-order valence-corrected chi connectivity index (χ3v) is 1.53. The molecule has 3 nitrogen and oxygen atoms in total. The van der Waals surface area contributed by atoms with Gasteiger partial charge in [0.05, 0.1) is 12.5 Å². The van der Waals surface area contributed by atoms with Crippen molar-refractivity contribution < 1.29 is 14.3 Å². The van der Waals surface area contributed by atoms with Crippen molar-refractivity contribution in [3.05, 3.63) is 12.2 Å². The Labute approximate surface area is 76.3 Å². The van der Waals surface area contributed by atoms with Crippen LogP contribution in [0.3, 0.4) is 0 Å². The highest BCUT2D eigenvalue weighted by Crippen LogP contribution is 2.02. The van der Waals surface area contributed by atoms with Crippen LogP contribution in [-0.4, -0.2) is 24.7 Å². The fourth-order valence-electron chi connectivity index (χ4n) is 0.571. The molecule has 12 heavy (non-hydrogen) atoms. The molecule has 0 saturated carbocycles. The summed E-state index contributed by atoms with van der Waals surface area (Å²) in [6.07, 6.45) is 4.76. The van der Waals surface area contributed by atoms with Gasteiger partial charge in [0, 0.05) is 6.08 Å². The van der Waals surface area contributed by atoms with Crippen molar-refractivity contribution in [2.24, 2.45) is 0 Å². The summed E-state index contributed by atoms with van der Waals surface area (Å²) in [4.78, 5) is 20.6. The van der Waals surface area contributed by atoms with E-state index in [1.165, 1.54) is 13.2 Å². The van der Waals surface area contributed by atoms with E-state index in [9.17, 15) is 9.59 Å². The molecule has 0 fully saturated rings. The number of carbonyl (C=O) groups excluding carboxylic acids is 2. The zero-order chi connectivity index (χ0) is 9.40. The van der Waals surface area contributed by atoms with E-state index in [0.717, 1.165) is 0 Å². The lowest BCUT2D eigenvalue weighted by atomic mass is 10.2. The normalized spacial score (nSPS) is 12.8. The zero-order valence-electron chi connectivity index (χ0n) is 6.83. The summed E-state index contributed by atoms with van der Waals surface area (Å²) < 4.78 is 4.36. The molecule has 0 aromatic heterocycles. The lowest BCUT2D eigenvalue weighted by Gasteiger charge is -1.95. The van der Waals surface area contributed by atoms with Gasteiger partial charge in [0.1, 0.15) is 6.29 Å². The topological polar surface area (TPSA) is 43.4 Å². The van der Waals surface area contributed by atoms with Crippen LogP contribution in [0.2, 0.25) is 0 Å². The first-order valence-electron chi connectivity index (χ1n) is 3.54. The molecule has 0 amide bonds. The maximum Gasteiger partial charge on any atom is 0.330 e. The molecule has 0 radical (unpaired) electrons. The molecule has 0 rings (SSSR count).